The van der Waals surface area contributed by atoms with Crippen molar-refractivity contribution in [3.05, 3.63) is 58.9 Å². The predicted octanol–water partition coefficient (Wildman–Crippen LogP) is 3.65. The first-order valence-corrected chi connectivity index (χ1v) is 10.3. The van der Waals surface area contributed by atoms with Gasteiger partial charge in [0.2, 0.25) is 5.91 Å². The lowest BCUT2D eigenvalue weighted by atomic mass is 9.93. The third-order valence-electron chi connectivity index (χ3n) is 5.85. The van der Waals surface area contributed by atoms with Gasteiger partial charge < -0.3 is 14.4 Å². The van der Waals surface area contributed by atoms with Crippen molar-refractivity contribution in [3.8, 4) is 0 Å². The molecular weight excluding hydrogens is 377 g/mol. The van der Waals surface area contributed by atoms with Gasteiger partial charge in [-0.15, -0.1) is 11.3 Å². The van der Waals surface area contributed by atoms with Crippen LogP contribution in [0.2, 0.25) is 0 Å². The Bertz CT molecular complexity index is 1100. The predicted molar refractivity (Wildman–Crippen MR) is 105 cm³/mol. The van der Waals surface area contributed by atoms with Gasteiger partial charge in [0, 0.05) is 30.0 Å². The molecule has 0 saturated carbocycles. The highest BCUT2D eigenvalue weighted by Crippen LogP contribution is 2.45. The minimum absolute atomic E-state index is 0.00217. The van der Waals surface area contributed by atoms with Crippen molar-refractivity contribution >= 4 is 33.4 Å². The number of rotatable bonds is 2. The number of hydrogen-bond acceptors (Lipinski definition) is 3. The molecule has 1 aromatic carbocycles. The lowest BCUT2D eigenvalue weighted by Gasteiger charge is -2.47. The van der Waals surface area contributed by atoms with Gasteiger partial charge in [-0.1, -0.05) is 26.0 Å². The van der Waals surface area contributed by atoms with E-state index in [1.165, 1.54) is 12.1 Å². The molecule has 0 radical (unpaired) electrons. The second-order valence-corrected chi connectivity index (χ2v) is 8.62. The maximum absolute atomic E-state index is 13.6. The Labute approximate surface area is 166 Å². The molecule has 0 bridgehead atoms. The number of carbonyl (C=O) groups excluding carboxylic acids is 2. The molecule has 2 aliphatic heterocycles. The van der Waals surface area contributed by atoms with Gasteiger partial charge in [-0.3, -0.25) is 9.59 Å². The highest BCUT2D eigenvalue weighted by atomic mass is 32.1. The van der Waals surface area contributed by atoms with E-state index in [0.717, 1.165) is 15.8 Å². The molecule has 1 saturated heterocycles. The van der Waals surface area contributed by atoms with Crippen LogP contribution in [-0.4, -0.2) is 39.3 Å². The standard InChI is InChI=1S/C21H20FN3O2S/c1-13(2)18(26)24-8-9-25-19(27)17-11-14-7-10-28-20(14)23(17)12-21(24,25)15-3-5-16(22)6-4-15/h3-7,10-11,13H,8-9,12H2,1-2H3. The van der Waals surface area contributed by atoms with Crippen molar-refractivity contribution in [3.63, 3.8) is 0 Å². The molecule has 0 aliphatic carbocycles. The lowest BCUT2D eigenvalue weighted by Crippen LogP contribution is -2.60. The summed E-state index contributed by atoms with van der Waals surface area (Å²) < 4.78 is 15.7. The van der Waals surface area contributed by atoms with E-state index in [1.54, 1.807) is 28.4 Å². The van der Waals surface area contributed by atoms with Crippen LogP contribution in [0.4, 0.5) is 4.39 Å². The molecule has 2 amide bonds. The second kappa shape index (κ2) is 5.91. The molecular formula is C21H20FN3O2S. The number of nitrogens with zero attached hydrogens (tertiary/aromatic N) is 3. The normalized spacial score (nSPS) is 21.5. The molecule has 5 rings (SSSR count). The number of thiophene rings is 1. The quantitative estimate of drug-likeness (QED) is 0.663. The molecule has 1 atom stereocenters. The molecule has 0 spiro atoms. The first kappa shape index (κ1) is 17.4. The van der Waals surface area contributed by atoms with E-state index in [-0.39, 0.29) is 23.5 Å². The monoisotopic (exact) mass is 397 g/mol. The molecule has 0 N–H and O–H groups in total. The summed E-state index contributed by atoms with van der Waals surface area (Å²) in [7, 11) is 0. The summed E-state index contributed by atoms with van der Waals surface area (Å²) in [5.74, 6) is -0.619. The lowest BCUT2D eigenvalue weighted by molar-refractivity contribution is -0.144. The molecule has 2 aliphatic rings. The number of aromatic nitrogens is 1. The summed E-state index contributed by atoms with van der Waals surface area (Å²) in [4.78, 5) is 31.2. The maximum Gasteiger partial charge on any atom is 0.272 e. The summed E-state index contributed by atoms with van der Waals surface area (Å²) in [6.45, 7) is 5.12. The van der Waals surface area contributed by atoms with Gasteiger partial charge in [-0.05, 0) is 29.6 Å². The third kappa shape index (κ3) is 2.16. The molecule has 7 heteroatoms. The second-order valence-electron chi connectivity index (χ2n) is 7.72. The summed E-state index contributed by atoms with van der Waals surface area (Å²) in [5.41, 5.74) is 0.478. The average Bonchev–Trinajstić information content (AvgIpc) is 3.36. The van der Waals surface area contributed by atoms with E-state index >= 15 is 0 Å². The Kier molecular flexibility index (Phi) is 3.68. The smallest absolute Gasteiger partial charge is 0.272 e. The number of halogens is 1. The van der Waals surface area contributed by atoms with Crippen LogP contribution in [0.3, 0.4) is 0 Å². The average molecular weight is 397 g/mol. The largest absolute Gasteiger partial charge is 0.324 e. The van der Waals surface area contributed by atoms with E-state index in [4.69, 9.17) is 0 Å². The third-order valence-corrected chi connectivity index (χ3v) is 6.80. The number of amides is 2. The SMILES string of the molecule is CC(C)C(=O)N1CCN2C(=O)c3cc4ccsc4n3CC21c1ccc(F)cc1. The summed E-state index contributed by atoms with van der Waals surface area (Å²) >= 11 is 1.59. The van der Waals surface area contributed by atoms with Gasteiger partial charge in [0.25, 0.3) is 5.91 Å². The zero-order valence-corrected chi connectivity index (χ0v) is 16.5. The van der Waals surface area contributed by atoms with Crippen molar-refractivity contribution in [2.24, 2.45) is 5.92 Å². The Morgan fingerprint density at radius 3 is 2.64 bits per heavy atom. The first-order chi connectivity index (χ1) is 13.4. The zero-order valence-electron chi connectivity index (χ0n) is 15.7. The minimum atomic E-state index is -0.935. The summed E-state index contributed by atoms with van der Waals surface area (Å²) in [5, 5.41) is 3.04. The van der Waals surface area contributed by atoms with Gasteiger partial charge in [-0.25, -0.2) is 4.39 Å². The van der Waals surface area contributed by atoms with Gasteiger partial charge >= 0.3 is 0 Å². The van der Waals surface area contributed by atoms with E-state index in [1.807, 2.05) is 40.8 Å². The van der Waals surface area contributed by atoms with Crippen LogP contribution in [-0.2, 0) is 17.0 Å². The fourth-order valence-electron chi connectivity index (χ4n) is 4.55. The van der Waals surface area contributed by atoms with Crippen molar-refractivity contribution in [2.75, 3.05) is 13.1 Å². The Morgan fingerprint density at radius 1 is 1.18 bits per heavy atom. The Morgan fingerprint density at radius 2 is 1.93 bits per heavy atom. The topological polar surface area (TPSA) is 45.6 Å². The van der Waals surface area contributed by atoms with Gasteiger partial charge in [-0.2, -0.15) is 0 Å². The molecule has 1 fully saturated rings. The highest BCUT2D eigenvalue weighted by Gasteiger charge is 2.56. The number of fused-ring (bicyclic) bond motifs is 4. The molecule has 1 unspecified atom stereocenters. The molecule has 3 aromatic rings. The van der Waals surface area contributed by atoms with Gasteiger partial charge in [0.05, 0.1) is 6.54 Å². The van der Waals surface area contributed by atoms with E-state index in [0.29, 0.717) is 25.3 Å². The van der Waals surface area contributed by atoms with Crippen LogP contribution in [0.15, 0.2) is 41.8 Å². The van der Waals surface area contributed by atoms with Crippen molar-refractivity contribution < 1.29 is 14.0 Å². The van der Waals surface area contributed by atoms with Crippen LogP contribution in [0.25, 0.3) is 10.2 Å². The molecule has 5 nitrogen and oxygen atoms in total. The van der Waals surface area contributed by atoms with Crippen LogP contribution in [0.1, 0.15) is 29.9 Å². The fraction of sp³-hybridized carbons (Fsp3) is 0.333. The van der Waals surface area contributed by atoms with Gasteiger partial charge in [0.1, 0.15) is 16.3 Å². The van der Waals surface area contributed by atoms with E-state index in [2.05, 4.69) is 0 Å². The van der Waals surface area contributed by atoms with Crippen molar-refractivity contribution in [1.29, 1.82) is 0 Å². The van der Waals surface area contributed by atoms with Crippen LogP contribution in [0.5, 0.6) is 0 Å². The van der Waals surface area contributed by atoms with Crippen LogP contribution >= 0.6 is 11.3 Å². The van der Waals surface area contributed by atoms with Crippen molar-refractivity contribution in [2.45, 2.75) is 26.1 Å². The van der Waals surface area contributed by atoms with E-state index in [9.17, 15) is 14.0 Å². The van der Waals surface area contributed by atoms with Gasteiger partial charge in [0.15, 0.2) is 5.66 Å². The fourth-order valence-corrected chi connectivity index (χ4v) is 5.44. The Balaban J connectivity index is 1.76. The zero-order chi connectivity index (χ0) is 19.6. The Hall–Kier alpha value is -2.67. The summed E-state index contributed by atoms with van der Waals surface area (Å²) in [6, 6.07) is 10.1. The number of benzene rings is 1. The van der Waals surface area contributed by atoms with Crippen molar-refractivity contribution in [1.82, 2.24) is 14.4 Å². The van der Waals surface area contributed by atoms with E-state index < -0.39 is 5.66 Å². The minimum Gasteiger partial charge on any atom is -0.324 e. The first-order valence-electron chi connectivity index (χ1n) is 9.40. The van der Waals surface area contributed by atoms with Crippen LogP contribution in [0, 0.1) is 11.7 Å². The molecule has 4 heterocycles. The van der Waals surface area contributed by atoms with Crippen LogP contribution < -0.4 is 0 Å². The number of carbonyl (C=O) groups is 2. The molecule has 28 heavy (non-hydrogen) atoms. The maximum atomic E-state index is 13.6. The number of hydrogen-bond donors (Lipinski definition) is 0. The molecule has 2 aromatic heterocycles. The molecule has 144 valence electrons. The summed E-state index contributed by atoms with van der Waals surface area (Å²) in [6.07, 6.45) is 0. The highest BCUT2D eigenvalue weighted by molar-refractivity contribution is 7.16.